The Morgan fingerprint density at radius 1 is 1.58 bits per heavy atom. The van der Waals surface area contributed by atoms with Crippen LogP contribution in [0.15, 0.2) is 12.1 Å². The molecule has 1 aliphatic rings. The molecule has 2 rings (SSSR count). The molecule has 3 N–H and O–H groups in total. The van der Waals surface area contributed by atoms with Crippen molar-refractivity contribution in [3.8, 4) is 0 Å². The predicted octanol–water partition coefficient (Wildman–Crippen LogP) is 1.40. The number of benzene rings is 1. The lowest BCUT2D eigenvalue weighted by molar-refractivity contribution is 0.0943. The number of carbonyl (C=O) groups is 1. The zero-order valence-electron chi connectivity index (χ0n) is 11.4. The Hall–Kier alpha value is -1.62. The third-order valence-electron chi connectivity index (χ3n) is 3.56. The lowest BCUT2D eigenvalue weighted by Gasteiger charge is -2.13. The molecule has 1 fully saturated rings. The minimum Gasteiger partial charge on any atom is -0.399 e. The first-order valence-corrected chi connectivity index (χ1v) is 6.49. The Morgan fingerprint density at radius 3 is 2.95 bits per heavy atom. The smallest absolute Gasteiger partial charge is 0.254 e. The number of anilines is 1. The molecule has 1 atom stereocenters. The zero-order valence-corrected chi connectivity index (χ0v) is 11.4. The summed E-state index contributed by atoms with van der Waals surface area (Å²) in [4.78, 5) is 14.2. The second kappa shape index (κ2) is 5.57. The van der Waals surface area contributed by atoms with Gasteiger partial charge in [0.25, 0.3) is 5.91 Å². The first kappa shape index (κ1) is 13.8. The quantitative estimate of drug-likeness (QED) is 0.812. The lowest BCUT2D eigenvalue weighted by atomic mass is 10.1. The summed E-state index contributed by atoms with van der Waals surface area (Å²) in [6, 6.07) is 2.91. The SMILES string of the molecule is Cc1cc(N)cc(C(=O)NCC2CCN(C)C2)c1F. The fourth-order valence-electron chi connectivity index (χ4n) is 2.49. The van der Waals surface area contributed by atoms with Crippen molar-refractivity contribution >= 4 is 11.6 Å². The molecule has 1 unspecified atom stereocenters. The van der Waals surface area contributed by atoms with E-state index in [9.17, 15) is 9.18 Å². The number of nitrogens with one attached hydrogen (secondary N) is 1. The van der Waals surface area contributed by atoms with Crippen LogP contribution in [-0.2, 0) is 0 Å². The van der Waals surface area contributed by atoms with Crippen LogP contribution in [0.1, 0.15) is 22.3 Å². The van der Waals surface area contributed by atoms with Crippen molar-refractivity contribution in [1.82, 2.24) is 10.2 Å². The summed E-state index contributed by atoms with van der Waals surface area (Å²) in [7, 11) is 2.06. The summed E-state index contributed by atoms with van der Waals surface area (Å²) in [5.74, 6) is -0.433. The van der Waals surface area contributed by atoms with Crippen molar-refractivity contribution in [2.45, 2.75) is 13.3 Å². The van der Waals surface area contributed by atoms with Gasteiger partial charge in [-0.15, -0.1) is 0 Å². The molecule has 0 saturated carbocycles. The van der Waals surface area contributed by atoms with E-state index < -0.39 is 5.82 Å². The van der Waals surface area contributed by atoms with Gasteiger partial charge < -0.3 is 16.0 Å². The van der Waals surface area contributed by atoms with Gasteiger partial charge in [0.15, 0.2) is 0 Å². The van der Waals surface area contributed by atoms with Crippen molar-refractivity contribution in [3.63, 3.8) is 0 Å². The van der Waals surface area contributed by atoms with Crippen LogP contribution in [0.25, 0.3) is 0 Å². The fourth-order valence-corrected chi connectivity index (χ4v) is 2.49. The number of nitrogens with zero attached hydrogens (tertiary/aromatic N) is 1. The molecule has 19 heavy (non-hydrogen) atoms. The number of hydrogen-bond acceptors (Lipinski definition) is 3. The molecule has 1 saturated heterocycles. The number of carbonyl (C=O) groups excluding carboxylic acids is 1. The number of nitrogens with two attached hydrogens (primary N) is 1. The number of hydrogen-bond donors (Lipinski definition) is 2. The second-order valence-electron chi connectivity index (χ2n) is 5.33. The molecule has 0 bridgehead atoms. The fraction of sp³-hybridized carbons (Fsp3) is 0.500. The van der Waals surface area contributed by atoms with Gasteiger partial charge in [-0.3, -0.25) is 4.79 Å². The van der Waals surface area contributed by atoms with E-state index in [-0.39, 0.29) is 11.5 Å². The predicted molar refractivity (Wildman–Crippen MR) is 73.5 cm³/mol. The van der Waals surface area contributed by atoms with Gasteiger partial charge in [-0.1, -0.05) is 0 Å². The van der Waals surface area contributed by atoms with Gasteiger partial charge in [0, 0.05) is 18.8 Å². The van der Waals surface area contributed by atoms with E-state index in [1.807, 2.05) is 0 Å². The highest BCUT2D eigenvalue weighted by atomic mass is 19.1. The molecule has 1 heterocycles. The summed E-state index contributed by atoms with van der Waals surface area (Å²) in [6.45, 7) is 4.20. The number of likely N-dealkylation sites (tertiary alicyclic amines) is 1. The average molecular weight is 265 g/mol. The normalized spacial score (nSPS) is 19.6. The summed E-state index contributed by atoms with van der Waals surface area (Å²) in [5.41, 5.74) is 6.48. The van der Waals surface area contributed by atoms with Crippen molar-refractivity contribution in [2.75, 3.05) is 32.4 Å². The molecule has 0 spiro atoms. The number of rotatable bonds is 3. The molecule has 1 aromatic carbocycles. The van der Waals surface area contributed by atoms with Crippen LogP contribution in [0, 0.1) is 18.7 Å². The molecule has 0 radical (unpaired) electrons. The third-order valence-corrected chi connectivity index (χ3v) is 3.56. The van der Waals surface area contributed by atoms with Gasteiger partial charge >= 0.3 is 0 Å². The molecular weight excluding hydrogens is 245 g/mol. The first-order valence-electron chi connectivity index (χ1n) is 6.49. The third kappa shape index (κ3) is 3.23. The number of nitrogen functional groups attached to an aromatic ring is 1. The van der Waals surface area contributed by atoms with E-state index in [1.54, 1.807) is 6.92 Å². The highest BCUT2D eigenvalue weighted by molar-refractivity contribution is 5.95. The van der Waals surface area contributed by atoms with E-state index in [1.165, 1.54) is 12.1 Å². The van der Waals surface area contributed by atoms with Crippen LogP contribution in [-0.4, -0.2) is 37.5 Å². The highest BCUT2D eigenvalue weighted by Gasteiger charge is 2.21. The molecule has 5 heteroatoms. The lowest BCUT2D eigenvalue weighted by Crippen LogP contribution is -2.31. The molecule has 1 aromatic rings. The molecule has 4 nitrogen and oxygen atoms in total. The average Bonchev–Trinajstić information content (AvgIpc) is 2.76. The minimum atomic E-state index is -0.491. The van der Waals surface area contributed by atoms with E-state index in [4.69, 9.17) is 5.73 Å². The number of aryl methyl sites for hydroxylation is 1. The van der Waals surface area contributed by atoms with Crippen LogP contribution < -0.4 is 11.1 Å². The highest BCUT2D eigenvalue weighted by Crippen LogP contribution is 2.18. The van der Waals surface area contributed by atoms with Crippen LogP contribution in [0.2, 0.25) is 0 Å². The summed E-state index contributed by atoms with van der Waals surface area (Å²) in [6.07, 6.45) is 1.06. The Kier molecular flexibility index (Phi) is 4.04. The Balaban J connectivity index is 2.00. The van der Waals surface area contributed by atoms with E-state index in [0.717, 1.165) is 19.5 Å². The van der Waals surface area contributed by atoms with Crippen LogP contribution in [0.4, 0.5) is 10.1 Å². The molecule has 0 aromatic heterocycles. The van der Waals surface area contributed by atoms with Crippen LogP contribution in [0.5, 0.6) is 0 Å². The topological polar surface area (TPSA) is 58.4 Å². The van der Waals surface area contributed by atoms with Gasteiger partial charge in [0.1, 0.15) is 5.82 Å². The minimum absolute atomic E-state index is 0.0313. The first-order chi connectivity index (χ1) is 8.97. The molecule has 1 aliphatic heterocycles. The van der Waals surface area contributed by atoms with Crippen LogP contribution >= 0.6 is 0 Å². The second-order valence-corrected chi connectivity index (χ2v) is 5.33. The van der Waals surface area contributed by atoms with Gasteiger partial charge in [-0.25, -0.2) is 4.39 Å². The van der Waals surface area contributed by atoms with Crippen molar-refractivity contribution in [3.05, 3.63) is 29.1 Å². The van der Waals surface area contributed by atoms with Gasteiger partial charge in [0.05, 0.1) is 5.56 Å². The Morgan fingerprint density at radius 2 is 2.32 bits per heavy atom. The monoisotopic (exact) mass is 265 g/mol. The van der Waals surface area contributed by atoms with E-state index >= 15 is 0 Å². The summed E-state index contributed by atoms with van der Waals surface area (Å²) in [5, 5.41) is 2.80. The van der Waals surface area contributed by atoms with Gasteiger partial charge in [0.2, 0.25) is 0 Å². The van der Waals surface area contributed by atoms with Gasteiger partial charge in [-0.2, -0.15) is 0 Å². The van der Waals surface area contributed by atoms with Crippen molar-refractivity contribution < 1.29 is 9.18 Å². The van der Waals surface area contributed by atoms with Crippen LogP contribution in [0.3, 0.4) is 0 Å². The standard InChI is InChI=1S/C14H20FN3O/c1-9-5-11(16)6-12(13(9)15)14(19)17-7-10-3-4-18(2)8-10/h5-6,10H,3-4,7-8,16H2,1-2H3,(H,17,19). The maximum Gasteiger partial charge on any atom is 0.254 e. The van der Waals surface area contributed by atoms with Crippen molar-refractivity contribution in [1.29, 1.82) is 0 Å². The zero-order chi connectivity index (χ0) is 14.0. The Labute approximate surface area is 112 Å². The number of amides is 1. The maximum absolute atomic E-state index is 13.9. The van der Waals surface area contributed by atoms with Crippen molar-refractivity contribution in [2.24, 2.45) is 5.92 Å². The molecule has 104 valence electrons. The van der Waals surface area contributed by atoms with E-state index in [2.05, 4.69) is 17.3 Å². The molecule has 1 amide bonds. The largest absolute Gasteiger partial charge is 0.399 e. The number of halogens is 1. The van der Waals surface area contributed by atoms with Gasteiger partial charge in [-0.05, 0) is 50.6 Å². The summed E-state index contributed by atoms with van der Waals surface area (Å²) >= 11 is 0. The molecule has 0 aliphatic carbocycles. The molecular formula is C14H20FN3O. The maximum atomic E-state index is 13.9. The Bertz CT molecular complexity index is 490. The van der Waals surface area contributed by atoms with E-state index in [0.29, 0.717) is 23.7 Å². The summed E-state index contributed by atoms with van der Waals surface area (Å²) < 4.78 is 13.9.